The Morgan fingerprint density at radius 2 is 0.944 bits per heavy atom. The van der Waals surface area contributed by atoms with Crippen LogP contribution in [0.15, 0.2) is 152 Å². The Balaban J connectivity index is 1.31. The van der Waals surface area contributed by atoms with E-state index in [1.54, 1.807) is 5.01 Å². The molecule has 6 atom stereocenters. The predicted molar refractivity (Wildman–Crippen MR) is 216 cm³/mol. The summed E-state index contributed by atoms with van der Waals surface area (Å²) in [7, 11) is 1.94. The lowest BCUT2D eigenvalue weighted by Crippen LogP contribution is -2.71. The number of nitrogens with one attached hydrogen (secondary N) is 5. The first-order valence-corrected chi connectivity index (χ1v) is 18.7. The molecule has 272 valence electrons. The Morgan fingerprint density at radius 3 is 1.48 bits per heavy atom. The Labute approximate surface area is 316 Å². The molecule has 6 unspecified atom stereocenters. The van der Waals surface area contributed by atoms with E-state index in [1.807, 2.05) is 19.2 Å². The second-order valence-corrected chi connectivity index (χ2v) is 15.0. The SMILES string of the molecule is CNc1ccc(C2c3ccc([nH]3)C(c3ccccc3)c3ccc([nH]3)C(c3ccccc3)C3NC(C)(C(c4ccccc4)c4ccc2[nH]4)N(N)C3(N)N)cc1. The maximum atomic E-state index is 7.27. The van der Waals surface area contributed by atoms with Crippen molar-refractivity contribution in [3.05, 3.63) is 208 Å². The number of H-pyrrole nitrogens is 3. The molecule has 9 heteroatoms. The van der Waals surface area contributed by atoms with E-state index in [0.717, 1.165) is 56.5 Å². The van der Waals surface area contributed by atoms with Crippen molar-refractivity contribution in [3.63, 3.8) is 0 Å². The summed E-state index contributed by atoms with van der Waals surface area (Å²) < 4.78 is 0. The molecule has 2 aliphatic heterocycles. The van der Waals surface area contributed by atoms with Crippen LogP contribution in [0.3, 0.4) is 0 Å². The number of hydrazine groups is 1. The topological polar surface area (TPSA) is 153 Å². The molecular weight excluding hydrogens is 667 g/mol. The van der Waals surface area contributed by atoms with Gasteiger partial charge in [-0.3, -0.25) is 22.6 Å². The monoisotopic (exact) mass is 713 g/mol. The maximum absolute atomic E-state index is 7.27. The third-order valence-corrected chi connectivity index (χ3v) is 11.8. The van der Waals surface area contributed by atoms with Gasteiger partial charge in [0.1, 0.15) is 0 Å². The van der Waals surface area contributed by atoms with Gasteiger partial charge in [-0.05, 0) is 77.7 Å². The third kappa shape index (κ3) is 5.60. The summed E-state index contributed by atoms with van der Waals surface area (Å²) in [6.07, 6.45) is 0. The van der Waals surface area contributed by atoms with E-state index in [9.17, 15) is 0 Å². The van der Waals surface area contributed by atoms with E-state index in [4.69, 9.17) is 17.3 Å². The molecule has 0 amide bonds. The van der Waals surface area contributed by atoms with Crippen molar-refractivity contribution in [2.75, 3.05) is 12.4 Å². The van der Waals surface area contributed by atoms with Gasteiger partial charge in [0, 0.05) is 52.8 Å². The number of nitrogens with two attached hydrogens (primary N) is 3. The first-order valence-electron chi connectivity index (χ1n) is 18.7. The van der Waals surface area contributed by atoms with E-state index < -0.39 is 17.5 Å². The average molecular weight is 714 g/mol. The van der Waals surface area contributed by atoms with Crippen LogP contribution in [0.4, 0.5) is 5.69 Å². The second-order valence-electron chi connectivity index (χ2n) is 15.0. The predicted octanol–water partition coefficient (Wildman–Crippen LogP) is 6.79. The van der Waals surface area contributed by atoms with Crippen molar-refractivity contribution < 1.29 is 0 Å². The molecule has 8 bridgehead atoms. The molecule has 54 heavy (non-hydrogen) atoms. The number of nitrogens with zero attached hydrogens (tertiary/aromatic N) is 1. The van der Waals surface area contributed by atoms with Crippen LogP contribution in [0.5, 0.6) is 0 Å². The minimum Gasteiger partial charge on any atom is -0.388 e. The van der Waals surface area contributed by atoms with Gasteiger partial charge in [-0.1, -0.05) is 103 Å². The normalized spacial score (nSPS) is 25.0. The molecule has 9 rings (SSSR count). The zero-order valence-electron chi connectivity index (χ0n) is 30.5. The fraction of sp³-hybridized carbons (Fsp3) is 0.200. The van der Waals surface area contributed by atoms with Gasteiger partial charge < -0.3 is 20.3 Å². The lowest BCUT2D eigenvalue weighted by molar-refractivity contribution is 0.0309. The molecule has 7 aromatic rings. The van der Waals surface area contributed by atoms with Crippen molar-refractivity contribution in [3.8, 4) is 0 Å². The highest BCUT2D eigenvalue weighted by molar-refractivity contribution is 5.50. The van der Waals surface area contributed by atoms with Gasteiger partial charge in [0.2, 0.25) is 0 Å². The molecule has 1 saturated heterocycles. The third-order valence-electron chi connectivity index (χ3n) is 11.8. The molecular formula is C45H47N9. The van der Waals surface area contributed by atoms with Gasteiger partial charge in [-0.2, -0.15) is 5.01 Å². The zero-order valence-corrected chi connectivity index (χ0v) is 30.5. The van der Waals surface area contributed by atoms with Crippen LogP contribution in [0.2, 0.25) is 0 Å². The molecule has 0 radical (unpaired) electrons. The largest absolute Gasteiger partial charge is 0.388 e. The van der Waals surface area contributed by atoms with Crippen LogP contribution in [-0.4, -0.2) is 44.5 Å². The molecule has 0 spiro atoms. The van der Waals surface area contributed by atoms with Gasteiger partial charge in [-0.15, -0.1) is 0 Å². The summed E-state index contributed by atoms with van der Waals surface area (Å²) in [5.74, 6) is 4.99. The summed E-state index contributed by atoms with van der Waals surface area (Å²) in [6, 6.07) is 52.9. The number of rotatable bonds is 5. The van der Waals surface area contributed by atoms with Gasteiger partial charge in [-0.25, -0.2) is 0 Å². The summed E-state index contributed by atoms with van der Waals surface area (Å²) in [4.78, 5) is 11.7. The van der Waals surface area contributed by atoms with Crippen LogP contribution in [0, 0.1) is 0 Å². The minimum absolute atomic E-state index is 0.0969. The van der Waals surface area contributed by atoms with E-state index in [2.05, 4.69) is 172 Å². The number of aromatic nitrogens is 3. The molecule has 5 heterocycles. The minimum atomic E-state index is -1.46. The van der Waals surface area contributed by atoms with Crippen molar-refractivity contribution in [2.45, 2.75) is 48.1 Å². The van der Waals surface area contributed by atoms with E-state index in [-0.39, 0.29) is 23.7 Å². The standard InChI is InChI=1S/C45H47N9/c1-44-42(31-16-10-5-11-17-31)38-27-26-36(52-38)40(30-18-20-32(49-2)21-19-30)35-23-22-33(50-35)39(28-12-6-3-7-13-28)34-24-25-37(51-34)41(29-14-8-4-9-15-29)43(53-44)45(46,47)54(44)48/h3-27,39-43,49-53H,46-48H2,1-2H3. The first-order chi connectivity index (χ1) is 26.3. The van der Waals surface area contributed by atoms with Gasteiger partial charge in [0.25, 0.3) is 0 Å². The molecule has 0 aliphatic carbocycles. The Morgan fingerprint density at radius 1 is 0.519 bits per heavy atom. The molecule has 9 nitrogen and oxygen atoms in total. The van der Waals surface area contributed by atoms with E-state index >= 15 is 0 Å². The fourth-order valence-corrected chi connectivity index (χ4v) is 9.14. The molecule has 4 aromatic carbocycles. The Kier molecular flexibility index (Phi) is 8.41. The number of hydrogen-bond donors (Lipinski definition) is 8. The van der Waals surface area contributed by atoms with Crippen molar-refractivity contribution in [1.82, 2.24) is 25.3 Å². The fourth-order valence-electron chi connectivity index (χ4n) is 9.14. The summed E-state index contributed by atoms with van der Waals surface area (Å²) in [5, 5.41) is 8.90. The highest BCUT2D eigenvalue weighted by Crippen LogP contribution is 2.47. The maximum Gasteiger partial charge on any atom is 0.152 e. The quantitative estimate of drug-likeness (QED) is 0.0727. The lowest BCUT2D eigenvalue weighted by Gasteiger charge is -2.42. The van der Waals surface area contributed by atoms with Gasteiger partial charge in [0.15, 0.2) is 5.79 Å². The van der Waals surface area contributed by atoms with Crippen LogP contribution in [-0.2, 0) is 0 Å². The highest BCUT2D eigenvalue weighted by atomic mass is 15.7. The van der Waals surface area contributed by atoms with Crippen LogP contribution >= 0.6 is 0 Å². The Bertz CT molecular complexity index is 2340. The zero-order chi connectivity index (χ0) is 37.0. The summed E-state index contributed by atoms with van der Waals surface area (Å²) in [6.45, 7) is 2.11. The van der Waals surface area contributed by atoms with E-state index in [0.29, 0.717) is 0 Å². The van der Waals surface area contributed by atoms with Crippen LogP contribution < -0.4 is 27.9 Å². The lowest BCUT2D eigenvalue weighted by atomic mass is 9.83. The van der Waals surface area contributed by atoms with Crippen LogP contribution in [0.25, 0.3) is 0 Å². The molecule has 0 saturated carbocycles. The van der Waals surface area contributed by atoms with Crippen LogP contribution in [0.1, 0.15) is 87.0 Å². The number of anilines is 1. The molecule has 1 fully saturated rings. The average Bonchev–Trinajstić information content (AvgIpc) is 4.01. The first kappa shape index (κ1) is 34.1. The highest BCUT2D eigenvalue weighted by Gasteiger charge is 2.60. The number of fused-ring (bicyclic) bond motifs is 8. The van der Waals surface area contributed by atoms with E-state index in [1.165, 1.54) is 5.56 Å². The smallest absolute Gasteiger partial charge is 0.152 e. The molecule has 3 aromatic heterocycles. The van der Waals surface area contributed by atoms with Crippen molar-refractivity contribution in [1.29, 1.82) is 0 Å². The number of aromatic amines is 3. The summed E-state index contributed by atoms with van der Waals surface area (Å²) >= 11 is 0. The molecule has 2 aliphatic rings. The molecule has 11 N–H and O–H groups in total. The summed E-state index contributed by atoms with van der Waals surface area (Å²) in [5.41, 5.74) is 25.4. The Hall–Kier alpha value is -5.68. The van der Waals surface area contributed by atoms with Gasteiger partial charge in [0.05, 0.1) is 29.5 Å². The van der Waals surface area contributed by atoms with Crippen molar-refractivity contribution in [2.24, 2.45) is 17.3 Å². The number of hydrogen-bond acceptors (Lipinski definition) is 6. The van der Waals surface area contributed by atoms with Crippen molar-refractivity contribution >= 4 is 5.69 Å². The van der Waals surface area contributed by atoms with Gasteiger partial charge >= 0.3 is 0 Å². The second kappa shape index (κ2) is 13.3. The number of benzene rings is 4.